The number of amides is 1. The van der Waals surface area contributed by atoms with Crippen LogP contribution in [0.25, 0.3) is 0 Å². The number of carbonyl (C=O) groups excluding carboxylic acids is 1. The molecule has 1 aromatic heterocycles. The molecule has 10 heteroatoms. The Labute approximate surface area is 230 Å². The Hall–Kier alpha value is -3.08. The minimum atomic E-state index is -0.610. The molecule has 0 unspecified atom stereocenters. The van der Waals surface area contributed by atoms with Gasteiger partial charge in [0.25, 0.3) is 5.91 Å². The number of hydrogen-bond acceptors (Lipinski definition) is 9. The maximum absolute atomic E-state index is 12.9. The smallest absolute Gasteiger partial charge is 0.257 e. The highest BCUT2D eigenvalue weighted by Crippen LogP contribution is 2.56. The molecule has 1 amide bonds. The third kappa shape index (κ3) is 4.88. The average molecular weight is 551 g/mol. The molecule has 3 heterocycles. The van der Waals surface area contributed by atoms with Gasteiger partial charge >= 0.3 is 0 Å². The van der Waals surface area contributed by atoms with Crippen LogP contribution < -0.4 is 20.1 Å². The second-order valence-corrected chi connectivity index (χ2v) is 11.8. The van der Waals surface area contributed by atoms with Crippen molar-refractivity contribution in [3.8, 4) is 11.5 Å². The predicted molar refractivity (Wildman–Crippen MR) is 150 cm³/mol. The first kappa shape index (κ1) is 25.2. The van der Waals surface area contributed by atoms with Crippen molar-refractivity contribution < 1.29 is 19.0 Å². The number of fused-ring (bicyclic) bond motifs is 1. The van der Waals surface area contributed by atoms with E-state index in [1.165, 1.54) is 0 Å². The van der Waals surface area contributed by atoms with Crippen LogP contribution in [-0.4, -0.2) is 48.2 Å². The molecule has 38 heavy (non-hydrogen) atoms. The van der Waals surface area contributed by atoms with Gasteiger partial charge in [0.15, 0.2) is 5.17 Å². The van der Waals surface area contributed by atoms with Gasteiger partial charge in [-0.1, -0.05) is 30.0 Å². The Bertz CT molecular complexity index is 1360. The van der Waals surface area contributed by atoms with E-state index >= 15 is 0 Å². The molecular formula is C28H30N4O4S2. The van der Waals surface area contributed by atoms with E-state index < -0.39 is 5.54 Å². The topological polar surface area (TPSA) is 94.1 Å². The largest absolute Gasteiger partial charge is 0.497 e. The second-order valence-electron chi connectivity index (χ2n) is 9.91. The molecule has 3 aromatic rings. The number of nitrogens with zero attached hydrogens (tertiary/aromatic N) is 2. The van der Waals surface area contributed by atoms with Gasteiger partial charge in [-0.3, -0.25) is 4.79 Å². The molecule has 6 rings (SSSR count). The zero-order chi connectivity index (χ0) is 26.2. The van der Waals surface area contributed by atoms with E-state index in [-0.39, 0.29) is 11.5 Å². The lowest BCUT2D eigenvalue weighted by atomic mass is 9.79. The van der Waals surface area contributed by atoms with Gasteiger partial charge in [-0.25, -0.2) is 9.98 Å². The first-order valence-electron chi connectivity index (χ1n) is 12.7. The molecule has 2 N–H and O–H groups in total. The van der Waals surface area contributed by atoms with Crippen LogP contribution in [0, 0.1) is 5.92 Å². The number of nitrogens with one attached hydrogen (secondary N) is 2. The van der Waals surface area contributed by atoms with Gasteiger partial charge in [0.1, 0.15) is 27.9 Å². The number of hydrogen-bond donors (Lipinski definition) is 2. The number of aliphatic imine (C=N–C) groups is 1. The number of benzene rings is 2. The minimum absolute atomic E-state index is 0.0122. The number of carbonyl (C=O) groups is 1. The van der Waals surface area contributed by atoms with Crippen LogP contribution in [0.1, 0.15) is 40.2 Å². The van der Waals surface area contributed by atoms with Gasteiger partial charge in [0.05, 0.1) is 26.4 Å². The van der Waals surface area contributed by atoms with Crippen molar-refractivity contribution in [2.45, 2.75) is 36.9 Å². The van der Waals surface area contributed by atoms with Crippen LogP contribution in [0.2, 0.25) is 0 Å². The van der Waals surface area contributed by atoms with Gasteiger partial charge in [0, 0.05) is 40.8 Å². The summed E-state index contributed by atoms with van der Waals surface area (Å²) in [5.41, 5.74) is 1.02. The third-order valence-electron chi connectivity index (χ3n) is 7.51. The Balaban J connectivity index is 1.24. The third-order valence-corrected chi connectivity index (χ3v) is 9.55. The number of amidine groups is 1. The van der Waals surface area contributed by atoms with Crippen molar-refractivity contribution in [3.63, 3.8) is 0 Å². The number of aromatic nitrogens is 1. The van der Waals surface area contributed by atoms with Gasteiger partial charge in [-0.2, -0.15) is 0 Å². The minimum Gasteiger partial charge on any atom is -0.497 e. The summed E-state index contributed by atoms with van der Waals surface area (Å²) in [4.78, 5) is 23.0. The van der Waals surface area contributed by atoms with Crippen molar-refractivity contribution in [1.29, 1.82) is 0 Å². The zero-order valence-electron chi connectivity index (χ0n) is 21.4. The lowest BCUT2D eigenvalue weighted by Gasteiger charge is -2.45. The first-order valence-corrected chi connectivity index (χ1v) is 14.5. The molecule has 0 bridgehead atoms. The van der Waals surface area contributed by atoms with Crippen LogP contribution in [0.5, 0.6) is 11.5 Å². The van der Waals surface area contributed by atoms with Crippen LogP contribution in [0.15, 0.2) is 58.9 Å². The molecule has 1 saturated carbocycles. The molecule has 2 atom stereocenters. The molecule has 2 aliphatic heterocycles. The molecule has 198 valence electrons. The number of methoxy groups -OCH3 is 2. The molecule has 0 radical (unpaired) electrons. The Morgan fingerprint density at radius 3 is 2.76 bits per heavy atom. The Morgan fingerprint density at radius 2 is 2.00 bits per heavy atom. The van der Waals surface area contributed by atoms with Crippen molar-refractivity contribution in [1.82, 2.24) is 10.3 Å². The van der Waals surface area contributed by atoms with E-state index in [1.54, 1.807) is 49.5 Å². The molecule has 2 aromatic carbocycles. The van der Waals surface area contributed by atoms with Crippen LogP contribution in [0.4, 0.5) is 5.82 Å². The number of rotatable bonds is 7. The summed E-state index contributed by atoms with van der Waals surface area (Å²) < 4.78 is 17.3. The molecule has 3 aliphatic rings. The van der Waals surface area contributed by atoms with Gasteiger partial charge in [-0.05, 0) is 43.5 Å². The van der Waals surface area contributed by atoms with Gasteiger partial charge in [-0.15, -0.1) is 11.3 Å². The quantitative estimate of drug-likeness (QED) is 0.424. The summed E-state index contributed by atoms with van der Waals surface area (Å²) >= 11 is 3.20. The number of ether oxygens (including phenoxy) is 3. The molecule has 1 aliphatic carbocycles. The van der Waals surface area contributed by atoms with Crippen LogP contribution >= 0.6 is 23.1 Å². The van der Waals surface area contributed by atoms with Crippen molar-refractivity contribution >= 4 is 40.0 Å². The monoisotopic (exact) mass is 550 g/mol. The summed E-state index contributed by atoms with van der Waals surface area (Å²) in [6.07, 6.45) is 3.19. The fraction of sp³-hybridized carbons (Fsp3) is 0.393. The lowest BCUT2D eigenvalue weighted by molar-refractivity contribution is -0.0725. The normalized spacial score (nSPS) is 23.2. The summed E-state index contributed by atoms with van der Waals surface area (Å²) in [5, 5.41) is 10.0. The average Bonchev–Trinajstić information content (AvgIpc) is 3.53. The SMILES string of the molecule is COc1ccc(CNc2csc([C@]34COC5(CC5)C[C@H]3CSC(NC(=O)c3ccccc3)=N4)n2)c(OC)c1. The summed E-state index contributed by atoms with van der Waals surface area (Å²) in [5.74, 6) is 3.29. The Kier molecular flexibility index (Phi) is 6.79. The fourth-order valence-electron chi connectivity index (χ4n) is 5.10. The van der Waals surface area contributed by atoms with Crippen molar-refractivity contribution in [2.24, 2.45) is 10.9 Å². The van der Waals surface area contributed by atoms with E-state index in [4.69, 9.17) is 24.2 Å². The number of anilines is 1. The van der Waals surface area contributed by atoms with E-state index in [2.05, 4.69) is 10.6 Å². The van der Waals surface area contributed by atoms with Crippen molar-refractivity contribution in [2.75, 3.05) is 31.9 Å². The molecule has 1 spiro atoms. The molecule has 2 fully saturated rings. The van der Waals surface area contributed by atoms with Crippen molar-refractivity contribution in [3.05, 3.63) is 70.0 Å². The molecular weight excluding hydrogens is 520 g/mol. The highest BCUT2D eigenvalue weighted by atomic mass is 32.2. The van der Waals surface area contributed by atoms with Gasteiger partial charge < -0.3 is 24.8 Å². The van der Waals surface area contributed by atoms with Crippen LogP contribution in [-0.2, 0) is 16.8 Å². The van der Waals surface area contributed by atoms with E-state index in [0.717, 1.165) is 52.9 Å². The maximum Gasteiger partial charge on any atom is 0.257 e. The fourth-order valence-corrected chi connectivity index (χ4v) is 7.23. The van der Waals surface area contributed by atoms with E-state index in [1.807, 2.05) is 41.8 Å². The van der Waals surface area contributed by atoms with E-state index in [0.29, 0.717) is 29.8 Å². The number of thiazole rings is 1. The highest BCUT2D eigenvalue weighted by molar-refractivity contribution is 8.13. The molecule has 8 nitrogen and oxygen atoms in total. The number of thioether (sulfide) groups is 1. The van der Waals surface area contributed by atoms with Crippen LogP contribution in [0.3, 0.4) is 0 Å². The summed E-state index contributed by atoms with van der Waals surface area (Å²) in [6.45, 7) is 1.03. The van der Waals surface area contributed by atoms with E-state index in [9.17, 15) is 4.79 Å². The highest BCUT2D eigenvalue weighted by Gasteiger charge is 2.58. The lowest BCUT2D eigenvalue weighted by Crippen LogP contribution is -2.51. The summed E-state index contributed by atoms with van der Waals surface area (Å²) in [6, 6.07) is 15.0. The maximum atomic E-state index is 12.9. The summed E-state index contributed by atoms with van der Waals surface area (Å²) in [7, 11) is 3.29. The van der Waals surface area contributed by atoms with Gasteiger partial charge in [0.2, 0.25) is 0 Å². The Morgan fingerprint density at radius 1 is 1.16 bits per heavy atom. The standard InChI is InChI=1S/C28H30N4O4S2/c1-34-21-9-8-19(22(12-21)35-2)14-29-23-16-37-25(30-23)28-17-36-27(10-11-27)13-20(28)15-38-26(32-28)31-24(33)18-6-4-3-5-7-18/h3-9,12,16,20,29H,10-11,13-15,17H2,1-2H3,(H,31,32,33)/t20-,28-/m0/s1. The zero-order valence-corrected chi connectivity index (χ0v) is 23.0. The second kappa shape index (κ2) is 10.2. The first-order chi connectivity index (χ1) is 18.5. The predicted octanol–water partition coefficient (Wildman–Crippen LogP) is 5.07. The molecule has 1 saturated heterocycles.